The molecule has 0 aliphatic carbocycles. The summed E-state index contributed by atoms with van der Waals surface area (Å²) in [5.41, 5.74) is 7.69. The van der Waals surface area contributed by atoms with Crippen LogP contribution in [0.2, 0.25) is 0 Å². The van der Waals surface area contributed by atoms with E-state index < -0.39 is 0 Å². The number of ether oxygens (including phenoxy) is 2. The van der Waals surface area contributed by atoms with E-state index in [1.807, 2.05) is 24.3 Å². The van der Waals surface area contributed by atoms with Crippen molar-refractivity contribution in [2.24, 2.45) is 5.73 Å². The molecule has 0 unspecified atom stereocenters. The number of rotatable bonds is 9. The minimum Gasteiger partial charge on any atom is -0.382 e. The fourth-order valence-corrected chi connectivity index (χ4v) is 1.98. The van der Waals surface area contributed by atoms with E-state index in [0.29, 0.717) is 44.5 Å². The van der Waals surface area contributed by atoms with Crippen molar-refractivity contribution in [1.82, 2.24) is 10.1 Å². The van der Waals surface area contributed by atoms with Gasteiger partial charge in [0.25, 0.3) is 5.89 Å². The highest BCUT2D eigenvalue weighted by molar-refractivity contribution is 5.58. The van der Waals surface area contributed by atoms with Crippen molar-refractivity contribution in [3.8, 4) is 11.5 Å². The summed E-state index contributed by atoms with van der Waals surface area (Å²) < 4.78 is 15.6. The Balaban J connectivity index is 1.96. The van der Waals surface area contributed by atoms with E-state index in [9.17, 15) is 0 Å². The Kier molecular flexibility index (Phi) is 6.33. The van der Waals surface area contributed by atoms with Crippen LogP contribution in [0.3, 0.4) is 0 Å². The van der Waals surface area contributed by atoms with E-state index in [4.69, 9.17) is 19.7 Å². The van der Waals surface area contributed by atoms with Crippen LogP contribution >= 0.6 is 0 Å². The molecule has 0 radical (unpaired) electrons. The minimum absolute atomic E-state index is 0.533. The molecule has 114 valence electrons. The number of nitrogens with zero attached hydrogens (tertiary/aromatic N) is 2. The summed E-state index contributed by atoms with van der Waals surface area (Å²) in [6.07, 6.45) is 1.40. The lowest BCUT2D eigenvalue weighted by Gasteiger charge is -2.03. The monoisotopic (exact) mass is 291 g/mol. The van der Waals surface area contributed by atoms with Crippen molar-refractivity contribution in [2.75, 3.05) is 33.5 Å². The highest BCUT2D eigenvalue weighted by Crippen LogP contribution is 2.22. The first-order valence-electron chi connectivity index (χ1n) is 7.02. The van der Waals surface area contributed by atoms with E-state index in [0.717, 1.165) is 17.5 Å². The van der Waals surface area contributed by atoms with Crippen LogP contribution in [0, 0.1) is 0 Å². The molecule has 0 fully saturated rings. The van der Waals surface area contributed by atoms with Crippen LogP contribution in [-0.4, -0.2) is 43.6 Å². The highest BCUT2D eigenvalue weighted by atomic mass is 16.5. The summed E-state index contributed by atoms with van der Waals surface area (Å²) in [6.45, 7) is 2.29. The highest BCUT2D eigenvalue weighted by Gasteiger charge is 2.12. The van der Waals surface area contributed by atoms with Gasteiger partial charge in [-0.25, -0.2) is 0 Å². The van der Waals surface area contributed by atoms with Crippen LogP contribution in [0.1, 0.15) is 11.4 Å². The van der Waals surface area contributed by atoms with E-state index >= 15 is 0 Å². The molecule has 0 aliphatic rings. The standard InChI is InChI=1S/C15H21N3O3/c1-19-10-11-20-9-7-14-17-15(21-18-14)13-5-3-2-4-12(13)6-8-16/h2-5H,6-11,16H2,1H3. The average molecular weight is 291 g/mol. The largest absolute Gasteiger partial charge is 0.382 e. The van der Waals surface area contributed by atoms with Crippen LogP contribution in [0.4, 0.5) is 0 Å². The van der Waals surface area contributed by atoms with Gasteiger partial charge in [-0.05, 0) is 24.6 Å². The molecule has 21 heavy (non-hydrogen) atoms. The minimum atomic E-state index is 0.533. The molecule has 2 N–H and O–H groups in total. The lowest BCUT2D eigenvalue weighted by molar-refractivity contribution is 0.0714. The van der Waals surface area contributed by atoms with Gasteiger partial charge in [0.15, 0.2) is 5.82 Å². The third kappa shape index (κ3) is 4.63. The van der Waals surface area contributed by atoms with Gasteiger partial charge in [-0.2, -0.15) is 4.98 Å². The summed E-state index contributed by atoms with van der Waals surface area (Å²) in [5, 5.41) is 3.98. The van der Waals surface area contributed by atoms with Crippen molar-refractivity contribution < 1.29 is 14.0 Å². The number of nitrogens with two attached hydrogens (primary N) is 1. The molecule has 0 saturated carbocycles. The van der Waals surface area contributed by atoms with Crippen molar-refractivity contribution in [1.29, 1.82) is 0 Å². The maximum absolute atomic E-state index is 5.62. The van der Waals surface area contributed by atoms with Gasteiger partial charge in [-0.15, -0.1) is 0 Å². The molecule has 2 aromatic rings. The molecular weight excluding hydrogens is 270 g/mol. The maximum atomic E-state index is 5.62. The lowest BCUT2D eigenvalue weighted by atomic mass is 10.0. The third-order valence-corrected chi connectivity index (χ3v) is 3.03. The van der Waals surface area contributed by atoms with Gasteiger partial charge in [-0.1, -0.05) is 23.4 Å². The van der Waals surface area contributed by atoms with Crippen molar-refractivity contribution in [3.05, 3.63) is 35.7 Å². The number of hydrogen-bond acceptors (Lipinski definition) is 6. The molecule has 0 spiro atoms. The lowest BCUT2D eigenvalue weighted by Crippen LogP contribution is -2.05. The second-order valence-corrected chi connectivity index (χ2v) is 4.57. The van der Waals surface area contributed by atoms with Gasteiger partial charge in [0.1, 0.15) is 0 Å². The van der Waals surface area contributed by atoms with Gasteiger partial charge in [0, 0.05) is 19.1 Å². The van der Waals surface area contributed by atoms with E-state index in [2.05, 4.69) is 10.1 Å². The molecule has 0 amide bonds. The fraction of sp³-hybridized carbons (Fsp3) is 0.467. The van der Waals surface area contributed by atoms with Crippen LogP contribution in [-0.2, 0) is 22.3 Å². The van der Waals surface area contributed by atoms with Crippen molar-refractivity contribution in [3.63, 3.8) is 0 Å². The molecule has 1 heterocycles. The fourth-order valence-electron chi connectivity index (χ4n) is 1.98. The number of aromatic nitrogens is 2. The maximum Gasteiger partial charge on any atom is 0.258 e. The van der Waals surface area contributed by atoms with Crippen LogP contribution in [0.25, 0.3) is 11.5 Å². The third-order valence-electron chi connectivity index (χ3n) is 3.03. The number of methoxy groups -OCH3 is 1. The Morgan fingerprint density at radius 2 is 2.00 bits per heavy atom. The second-order valence-electron chi connectivity index (χ2n) is 4.57. The van der Waals surface area contributed by atoms with Gasteiger partial charge in [-0.3, -0.25) is 0 Å². The SMILES string of the molecule is COCCOCCc1noc(-c2ccccc2CCN)n1. The molecule has 1 aromatic carbocycles. The zero-order valence-corrected chi connectivity index (χ0v) is 12.2. The Bertz CT molecular complexity index is 542. The molecule has 2 rings (SSSR count). The Labute approximate surface area is 124 Å². The summed E-state index contributed by atoms with van der Waals surface area (Å²) in [6, 6.07) is 7.93. The Morgan fingerprint density at radius 1 is 1.14 bits per heavy atom. The van der Waals surface area contributed by atoms with Crippen molar-refractivity contribution >= 4 is 0 Å². The second kappa shape index (κ2) is 8.51. The molecule has 6 nitrogen and oxygen atoms in total. The van der Waals surface area contributed by atoms with Gasteiger partial charge in [0.05, 0.1) is 19.8 Å². The van der Waals surface area contributed by atoms with Gasteiger partial charge >= 0.3 is 0 Å². The molecule has 0 bridgehead atoms. The Hall–Kier alpha value is -1.76. The first-order valence-corrected chi connectivity index (χ1v) is 7.02. The first kappa shape index (κ1) is 15.6. The summed E-state index contributed by atoms with van der Waals surface area (Å²) in [7, 11) is 1.65. The predicted molar refractivity (Wildman–Crippen MR) is 78.9 cm³/mol. The molecular formula is C15H21N3O3. The van der Waals surface area contributed by atoms with E-state index in [-0.39, 0.29) is 0 Å². The molecule has 0 atom stereocenters. The number of hydrogen-bond donors (Lipinski definition) is 1. The zero-order chi connectivity index (χ0) is 14.9. The topological polar surface area (TPSA) is 83.4 Å². The average Bonchev–Trinajstić information content (AvgIpc) is 2.97. The molecule has 0 saturated heterocycles. The normalized spacial score (nSPS) is 11.0. The van der Waals surface area contributed by atoms with E-state index in [1.54, 1.807) is 7.11 Å². The van der Waals surface area contributed by atoms with Crippen LogP contribution < -0.4 is 5.73 Å². The quantitative estimate of drug-likeness (QED) is 0.704. The first-order chi connectivity index (χ1) is 10.3. The van der Waals surface area contributed by atoms with E-state index in [1.165, 1.54) is 0 Å². The predicted octanol–water partition coefficient (Wildman–Crippen LogP) is 1.44. The van der Waals surface area contributed by atoms with Gasteiger partial charge < -0.3 is 19.7 Å². The molecule has 6 heteroatoms. The molecule has 0 aliphatic heterocycles. The van der Waals surface area contributed by atoms with Gasteiger partial charge in [0.2, 0.25) is 0 Å². The summed E-state index contributed by atoms with van der Waals surface area (Å²) in [5.74, 6) is 1.18. The summed E-state index contributed by atoms with van der Waals surface area (Å²) >= 11 is 0. The Morgan fingerprint density at radius 3 is 2.81 bits per heavy atom. The van der Waals surface area contributed by atoms with Crippen molar-refractivity contribution in [2.45, 2.75) is 12.8 Å². The zero-order valence-electron chi connectivity index (χ0n) is 12.2. The smallest absolute Gasteiger partial charge is 0.258 e. The molecule has 1 aromatic heterocycles. The summed E-state index contributed by atoms with van der Waals surface area (Å²) in [4.78, 5) is 4.41. The van der Waals surface area contributed by atoms with Crippen LogP contribution in [0.15, 0.2) is 28.8 Å². The number of benzene rings is 1. The van der Waals surface area contributed by atoms with Crippen LogP contribution in [0.5, 0.6) is 0 Å².